The highest BCUT2D eigenvalue weighted by atomic mass is 32.2. The summed E-state index contributed by atoms with van der Waals surface area (Å²) in [5.41, 5.74) is 8.82. The van der Waals surface area contributed by atoms with Crippen molar-refractivity contribution in [1.29, 1.82) is 0 Å². The highest BCUT2D eigenvalue weighted by molar-refractivity contribution is 8.00. The van der Waals surface area contributed by atoms with Gasteiger partial charge in [0.05, 0.1) is 16.1 Å². The third kappa shape index (κ3) is 4.36. The van der Waals surface area contributed by atoms with Crippen LogP contribution in [-0.2, 0) is 7.05 Å². The van der Waals surface area contributed by atoms with Crippen molar-refractivity contribution in [3.05, 3.63) is 127 Å². The zero-order chi connectivity index (χ0) is 28.9. The summed E-state index contributed by atoms with van der Waals surface area (Å²) >= 11 is 1.76. The van der Waals surface area contributed by atoms with Crippen molar-refractivity contribution in [2.24, 2.45) is 7.05 Å². The fourth-order valence-electron chi connectivity index (χ4n) is 5.93. The van der Waals surface area contributed by atoms with Gasteiger partial charge in [0.25, 0.3) is 0 Å². The van der Waals surface area contributed by atoms with E-state index < -0.39 is 0 Å². The fraction of sp³-hybridized carbons (Fsp3) is 0.0556. The number of benzene rings is 4. The van der Waals surface area contributed by atoms with Crippen molar-refractivity contribution in [3.8, 4) is 34.0 Å². The number of rotatable bonds is 4. The summed E-state index contributed by atoms with van der Waals surface area (Å²) in [7, 11) is 2.07. The molecule has 7 heteroatoms. The molecule has 0 spiro atoms. The molecule has 1 aliphatic rings. The minimum Gasteiger partial charge on any atom is -0.468 e. The van der Waals surface area contributed by atoms with Crippen LogP contribution in [0.5, 0.6) is 0 Å². The molecular formula is C36H26BN4OS+. The van der Waals surface area contributed by atoms with E-state index in [1.54, 1.807) is 11.8 Å². The highest BCUT2D eigenvalue weighted by Crippen LogP contribution is 2.40. The Hall–Kier alpha value is -5.01. The van der Waals surface area contributed by atoms with Crippen molar-refractivity contribution in [3.63, 3.8) is 0 Å². The molecule has 8 rings (SSSR count). The largest absolute Gasteiger partial charge is 0.468 e. The first-order valence-electron chi connectivity index (χ1n) is 14.3. The Bertz CT molecular complexity index is 2090. The quantitative estimate of drug-likeness (QED) is 0.199. The molecule has 0 saturated carbocycles. The average molecular weight is 574 g/mol. The molecule has 0 fully saturated rings. The van der Waals surface area contributed by atoms with Gasteiger partial charge < -0.3 is 4.42 Å². The van der Waals surface area contributed by atoms with E-state index in [4.69, 9.17) is 19.4 Å². The van der Waals surface area contributed by atoms with Gasteiger partial charge in [0.1, 0.15) is 18.4 Å². The minimum atomic E-state index is -0.301. The number of hydrogen-bond donors (Lipinski definition) is 0. The predicted molar refractivity (Wildman–Crippen MR) is 173 cm³/mol. The Morgan fingerprint density at radius 2 is 1.35 bits per heavy atom. The van der Waals surface area contributed by atoms with Crippen LogP contribution >= 0.6 is 11.8 Å². The third-order valence-electron chi connectivity index (χ3n) is 8.04. The Labute approximate surface area is 254 Å². The van der Waals surface area contributed by atoms with Gasteiger partial charge in [-0.05, 0) is 36.1 Å². The van der Waals surface area contributed by atoms with Gasteiger partial charge in [0, 0.05) is 33.5 Å². The molecule has 0 amide bonds. The molecule has 0 atom stereocenters. The van der Waals surface area contributed by atoms with Crippen LogP contribution in [0.25, 0.3) is 45.0 Å². The average Bonchev–Trinajstić information content (AvgIpc) is 3.42. The molecule has 204 valence electrons. The molecule has 0 bridgehead atoms. The van der Waals surface area contributed by atoms with Crippen LogP contribution in [0.1, 0.15) is 5.56 Å². The van der Waals surface area contributed by atoms with E-state index in [1.165, 1.54) is 4.90 Å². The number of pyridine rings is 1. The summed E-state index contributed by atoms with van der Waals surface area (Å²) < 4.78 is 9.14. The maximum absolute atomic E-state index is 6.99. The van der Waals surface area contributed by atoms with E-state index in [1.807, 2.05) is 66.7 Å². The van der Waals surface area contributed by atoms with E-state index in [-0.39, 0.29) is 6.71 Å². The second-order valence-electron chi connectivity index (χ2n) is 10.8. The van der Waals surface area contributed by atoms with Crippen LogP contribution < -0.4 is 21.4 Å². The zero-order valence-corrected chi connectivity index (χ0v) is 24.5. The van der Waals surface area contributed by atoms with E-state index in [0.29, 0.717) is 17.4 Å². The Kier molecular flexibility index (Phi) is 6.19. The van der Waals surface area contributed by atoms with Crippen molar-refractivity contribution in [1.82, 2.24) is 15.0 Å². The minimum absolute atomic E-state index is 0.301. The summed E-state index contributed by atoms with van der Waals surface area (Å²) in [6, 6.07) is 39.4. The van der Waals surface area contributed by atoms with Gasteiger partial charge in [-0.2, -0.15) is 0 Å². The molecule has 0 N–H and O–H groups in total. The lowest BCUT2D eigenvalue weighted by Crippen LogP contribution is -2.57. The van der Waals surface area contributed by atoms with Gasteiger partial charge in [-0.15, -0.1) is 0 Å². The molecule has 43 heavy (non-hydrogen) atoms. The fourth-order valence-corrected chi connectivity index (χ4v) is 7.13. The summed E-state index contributed by atoms with van der Waals surface area (Å²) in [6.07, 6.45) is 2.07. The molecule has 0 radical (unpaired) electrons. The molecule has 5 nitrogen and oxygen atoms in total. The lowest BCUT2D eigenvalue weighted by Gasteiger charge is -2.21. The molecule has 0 aliphatic carbocycles. The van der Waals surface area contributed by atoms with E-state index in [0.717, 1.165) is 54.9 Å². The second-order valence-corrected chi connectivity index (χ2v) is 11.8. The molecule has 0 saturated heterocycles. The Balaban J connectivity index is 1.41. The maximum atomic E-state index is 6.99. The van der Waals surface area contributed by atoms with Gasteiger partial charge in [0.2, 0.25) is 5.69 Å². The van der Waals surface area contributed by atoms with Crippen molar-refractivity contribution < 1.29 is 8.98 Å². The topological polar surface area (TPSA) is 55.7 Å². The highest BCUT2D eigenvalue weighted by Gasteiger charge is 2.40. The van der Waals surface area contributed by atoms with Crippen LogP contribution in [0.15, 0.2) is 136 Å². The SMILES string of the molecule is Cc1ccc2c3c(oc2c1-c1cccc[n+]1C)B(c1nc(-c2ccccc2)nc(-c2ccccc2)n1)c1ccccc1S3. The van der Waals surface area contributed by atoms with Crippen LogP contribution in [0.4, 0.5) is 0 Å². The second kappa shape index (κ2) is 10.4. The van der Waals surface area contributed by atoms with Crippen molar-refractivity contribution >= 4 is 46.3 Å². The summed E-state index contributed by atoms with van der Waals surface area (Å²) in [5, 5.41) is 1.10. The van der Waals surface area contributed by atoms with Crippen LogP contribution in [0, 0.1) is 6.92 Å². The smallest absolute Gasteiger partial charge is 0.337 e. The molecule has 0 unspecified atom stereocenters. The maximum Gasteiger partial charge on any atom is 0.337 e. The molecule has 3 aromatic heterocycles. The van der Waals surface area contributed by atoms with Gasteiger partial charge in [-0.1, -0.05) is 96.7 Å². The van der Waals surface area contributed by atoms with E-state index >= 15 is 0 Å². The first-order chi connectivity index (χ1) is 21.2. The lowest BCUT2D eigenvalue weighted by atomic mass is 9.42. The molecule has 7 aromatic rings. The molecule has 4 heterocycles. The summed E-state index contributed by atoms with van der Waals surface area (Å²) in [5.74, 6) is 1.29. The van der Waals surface area contributed by atoms with Crippen LogP contribution in [0.3, 0.4) is 0 Å². The number of fused-ring (bicyclic) bond motifs is 4. The van der Waals surface area contributed by atoms with Gasteiger partial charge in [-0.3, -0.25) is 0 Å². The number of hydrogen-bond acceptors (Lipinski definition) is 5. The van der Waals surface area contributed by atoms with E-state index in [9.17, 15) is 0 Å². The van der Waals surface area contributed by atoms with Gasteiger partial charge in [0.15, 0.2) is 17.8 Å². The van der Waals surface area contributed by atoms with Crippen LogP contribution in [0.2, 0.25) is 0 Å². The molecular weight excluding hydrogens is 547 g/mol. The number of furan rings is 1. The summed E-state index contributed by atoms with van der Waals surface area (Å²) in [6.45, 7) is 1.85. The lowest BCUT2D eigenvalue weighted by molar-refractivity contribution is -0.660. The molecule has 1 aliphatic heterocycles. The third-order valence-corrected chi connectivity index (χ3v) is 9.25. The summed E-state index contributed by atoms with van der Waals surface area (Å²) in [4.78, 5) is 17.5. The Morgan fingerprint density at radius 3 is 2.05 bits per heavy atom. The Morgan fingerprint density at radius 1 is 0.698 bits per heavy atom. The van der Waals surface area contributed by atoms with Crippen molar-refractivity contribution in [2.45, 2.75) is 16.7 Å². The number of nitrogens with zero attached hydrogens (tertiary/aromatic N) is 4. The first-order valence-corrected chi connectivity index (χ1v) is 15.1. The molecule has 4 aromatic carbocycles. The first kappa shape index (κ1) is 25.7. The number of aromatic nitrogens is 4. The number of aryl methyl sites for hydroxylation is 2. The van der Waals surface area contributed by atoms with Crippen molar-refractivity contribution in [2.75, 3.05) is 0 Å². The van der Waals surface area contributed by atoms with Crippen LogP contribution in [-0.4, -0.2) is 21.7 Å². The predicted octanol–water partition coefficient (Wildman–Crippen LogP) is 5.73. The monoisotopic (exact) mass is 573 g/mol. The zero-order valence-electron chi connectivity index (χ0n) is 23.7. The van der Waals surface area contributed by atoms with E-state index in [2.05, 4.69) is 73.3 Å². The van der Waals surface area contributed by atoms with Gasteiger partial charge >= 0.3 is 6.71 Å². The normalized spacial score (nSPS) is 12.3. The van der Waals surface area contributed by atoms with Gasteiger partial charge in [-0.25, -0.2) is 19.5 Å². The standard InChI is InChI=1S/C36H26BN4OS/c1-23-20-21-26-31(30(23)28-18-11-12-22-41(28)2)42-33-32(26)43-29-19-10-9-17-27(29)37(33)36-39-34(24-13-5-3-6-14-24)38-35(40-36)25-15-7-4-8-16-25/h3-22H,1-2H3/q+1.